The molecule has 0 aliphatic carbocycles. The number of benzene rings is 2. The van der Waals surface area contributed by atoms with E-state index in [-0.39, 0.29) is 9.92 Å². The van der Waals surface area contributed by atoms with Crippen molar-refractivity contribution in [3.05, 3.63) is 59.1 Å². The number of aromatic nitrogens is 2. The summed E-state index contributed by atoms with van der Waals surface area (Å²) in [5.74, 6) is 1.21. The highest BCUT2D eigenvalue weighted by Gasteiger charge is 2.20. The molecule has 1 N–H and O–H groups in total. The molecule has 0 radical (unpaired) electrons. The Labute approximate surface area is 192 Å². The molecule has 0 unspecified atom stereocenters. The van der Waals surface area contributed by atoms with Crippen LogP contribution >= 0.6 is 11.6 Å². The van der Waals surface area contributed by atoms with E-state index >= 15 is 0 Å². The number of nitrogens with one attached hydrogen (secondary N) is 1. The normalized spacial score (nSPS) is 14.3. The van der Waals surface area contributed by atoms with Crippen LogP contribution in [-0.4, -0.2) is 52.0 Å². The summed E-state index contributed by atoms with van der Waals surface area (Å²) in [6, 6.07) is 13.8. The van der Waals surface area contributed by atoms with Crippen LogP contribution in [0.2, 0.25) is 5.02 Å². The highest BCUT2D eigenvalue weighted by molar-refractivity contribution is 7.92. The van der Waals surface area contributed by atoms with Crippen molar-refractivity contribution in [2.24, 2.45) is 0 Å². The van der Waals surface area contributed by atoms with Crippen molar-refractivity contribution in [2.45, 2.75) is 11.8 Å². The van der Waals surface area contributed by atoms with Gasteiger partial charge in [0.2, 0.25) is 0 Å². The van der Waals surface area contributed by atoms with Gasteiger partial charge in [0.25, 0.3) is 10.0 Å². The van der Waals surface area contributed by atoms with Crippen LogP contribution < -0.4 is 14.4 Å². The third-order valence-electron chi connectivity index (χ3n) is 5.13. The van der Waals surface area contributed by atoms with Crippen LogP contribution in [0, 0.1) is 6.92 Å². The lowest BCUT2D eigenvalue weighted by molar-refractivity contribution is 0.122. The Morgan fingerprint density at radius 2 is 1.88 bits per heavy atom. The van der Waals surface area contributed by atoms with Gasteiger partial charge in [0.1, 0.15) is 5.75 Å². The van der Waals surface area contributed by atoms with Crippen LogP contribution in [0.1, 0.15) is 5.56 Å². The molecule has 168 valence electrons. The summed E-state index contributed by atoms with van der Waals surface area (Å²) in [4.78, 5) is 2.20. The molecule has 1 fully saturated rings. The minimum Gasteiger partial charge on any atom is -0.495 e. The Bertz CT molecular complexity index is 1210. The third kappa shape index (κ3) is 4.79. The first kappa shape index (κ1) is 22.3. The summed E-state index contributed by atoms with van der Waals surface area (Å²) < 4.78 is 39.1. The molecule has 2 heterocycles. The highest BCUT2D eigenvalue weighted by atomic mass is 35.5. The molecule has 4 rings (SSSR count). The van der Waals surface area contributed by atoms with E-state index in [4.69, 9.17) is 21.1 Å². The number of sulfonamides is 1. The maximum absolute atomic E-state index is 13.0. The Kier molecular flexibility index (Phi) is 6.50. The van der Waals surface area contributed by atoms with Gasteiger partial charge in [-0.1, -0.05) is 23.7 Å². The van der Waals surface area contributed by atoms with Crippen LogP contribution in [0.4, 0.5) is 11.5 Å². The fourth-order valence-electron chi connectivity index (χ4n) is 3.48. The van der Waals surface area contributed by atoms with Crippen molar-refractivity contribution in [3.63, 3.8) is 0 Å². The molecule has 1 aliphatic rings. The molecular formula is C22H23ClN4O4S. The predicted octanol–water partition coefficient (Wildman–Crippen LogP) is 3.75. The van der Waals surface area contributed by atoms with Gasteiger partial charge in [0, 0.05) is 24.3 Å². The van der Waals surface area contributed by atoms with Gasteiger partial charge in [0.05, 0.1) is 35.9 Å². The lowest BCUT2D eigenvalue weighted by Gasteiger charge is -2.27. The van der Waals surface area contributed by atoms with Crippen molar-refractivity contribution >= 4 is 33.1 Å². The molecule has 10 heteroatoms. The molecule has 32 heavy (non-hydrogen) atoms. The van der Waals surface area contributed by atoms with Crippen molar-refractivity contribution in [2.75, 3.05) is 43.0 Å². The van der Waals surface area contributed by atoms with Crippen LogP contribution in [0.25, 0.3) is 11.3 Å². The minimum absolute atomic E-state index is 0.0864. The molecule has 1 aromatic heterocycles. The van der Waals surface area contributed by atoms with E-state index in [1.54, 1.807) is 31.2 Å². The number of hydrogen-bond acceptors (Lipinski definition) is 7. The number of hydrogen-bond donors (Lipinski definition) is 1. The number of nitrogens with zero attached hydrogens (tertiary/aromatic N) is 3. The maximum Gasteiger partial charge on any atom is 0.262 e. The number of halogens is 1. The summed E-state index contributed by atoms with van der Waals surface area (Å²) in [5.41, 5.74) is 2.33. The Balaban J connectivity index is 1.56. The highest BCUT2D eigenvalue weighted by Crippen LogP contribution is 2.31. The van der Waals surface area contributed by atoms with Crippen LogP contribution in [-0.2, 0) is 14.8 Å². The van der Waals surface area contributed by atoms with E-state index in [1.807, 2.05) is 18.2 Å². The van der Waals surface area contributed by atoms with E-state index < -0.39 is 10.0 Å². The zero-order valence-corrected chi connectivity index (χ0v) is 19.3. The average Bonchev–Trinajstić information content (AvgIpc) is 2.81. The number of ether oxygens (including phenoxy) is 2. The number of anilines is 2. The van der Waals surface area contributed by atoms with E-state index in [9.17, 15) is 8.42 Å². The first-order valence-electron chi connectivity index (χ1n) is 10.0. The van der Waals surface area contributed by atoms with Gasteiger partial charge in [-0.2, -0.15) is 0 Å². The molecule has 0 atom stereocenters. The molecule has 0 spiro atoms. The second-order valence-electron chi connectivity index (χ2n) is 7.31. The number of morpholine rings is 1. The fraction of sp³-hybridized carbons (Fsp3) is 0.273. The van der Waals surface area contributed by atoms with Crippen LogP contribution in [0.3, 0.4) is 0 Å². The topological polar surface area (TPSA) is 93.7 Å². The number of aryl methyl sites for hydroxylation is 1. The monoisotopic (exact) mass is 474 g/mol. The average molecular weight is 475 g/mol. The third-order valence-corrected chi connectivity index (χ3v) is 6.95. The zero-order chi connectivity index (χ0) is 22.7. The second-order valence-corrected chi connectivity index (χ2v) is 9.37. The smallest absolute Gasteiger partial charge is 0.262 e. The quantitative estimate of drug-likeness (QED) is 0.581. The van der Waals surface area contributed by atoms with Crippen molar-refractivity contribution < 1.29 is 17.9 Å². The Hall–Kier alpha value is -2.88. The molecule has 0 amide bonds. The lowest BCUT2D eigenvalue weighted by atomic mass is 10.1. The van der Waals surface area contributed by atoms with Crippen molar-refractivity contribution in [3.8, 4) is 17.0 Å². The van der Waals surface area contributed by atoms with Gasteiger partial charge in [-0.05, 0) is 48.9 Å². The first-order valence-corrected chi connectivity index (χ1v) is 11.9. The maximum atomic E-state index is 13.0. The summed E-state index contributed by atoms with van der Waals surface area (Å²) in [6.07, 6.45) is 0. The fourth-order valence-corrected chi connectivity index (χ4v) is 5.08. The Morgan fingerprint density at radius 1 is 1.09 bits per heavy atom. The molecule has 2 aromatic carbocycles. The molecule has 0 bridgehead atoms. The van der Waals surface area contributed by atoms with E-state index in [0.717, 1.165) is 24.5 Å². The summed E-state index contributed by atoms with van der Waals surface area (Å²) in [6.45, 7) is 4.59. The summed E-state index contributed by atoms with van der Waals surface area (Å²) >= 11 is 6.14. The molecule has 3 aromatic rings. The summed E-state index contributed by atoms with van der Waals surface area (Å²) in [7, 11) is -2.38. The minimum atomic E-state index is -3.86. The van der Waals surface area contributed by atoms with Gasteiger partial charge >= 0.3 is 0 Å². The van der Waals surface area contributed by atoms with E-state index in [2.05, 4.69) is 19.8 Å². The van der Waals surface area contributed by atoms with E-state index in [1.165, 1.54) is 13.2 Å². The zero-order valence-electron chi connectivity index (χ0n) is 17.7. The summed E-state index contributed by atoms with van der Waals surface area (Å²) in [5, 5.41) is 8.87. The lowest BCUT2D eigenvalue weighted by Crippen LogP contribution is -2.36. The van der Waals surface area contributed by atoms with Crippen molar-refractivity contribution in [1.29, 1.82) is 0 Å². The molecular weight excluding hydrogens is 452 g/mol. The Morgan fingerprint density at radius 3 is 2.56 bits per heavy atom. The van der Waals surface area contributed by atoms with E-state index in [0.29, 0.717) is 35.9 Å². The van der Waals surface area contributed by atoms with Gasteiger partial charge in [-0.3, -0.25) is 4.72 Å². The molecule has 1 aliphatic heterocycles. The SMILES string of the molecule is COc1cc(C)c(S(=O)(=O)Nc2cccc(-c3ccc(N4CCOCC4)nn3)c2)cc1Cl. The number of rotatable bonds is 6. The largest absolute Gasteiger partial charge is 0.495 e. The molecule has 1 saturated heterocycles. The first-order chi connectivity index (χ1) is 15.4. The van der Waals surface area contributed by atoms with Crippen LogP contribution in [0.15, 0.2) is 53.4 Å². The van der Waals surface area contributed by atoms with Gasteiger partial charge in [-0.15, -0.1) is 10.2 Å². The molecule has 8 nitrogen and oxygen atoms in total. The number of methoxy groups -OCH3 is 1. The van der Waals surface area contributed by atoms with Crippen LogP contribution in [0.5, 0.6) is 5.75 Å². The standard InChI is InChI=1S/C22H23ClN4O4S/c1-15-12-20(30-2)18(23)14-21(15)32(28,29)26-17-5-3-4-16(13-17)19-6-7-22(25-24-19)27-8-10-31-11-9-27/h3-7,12-14,26H,8-11H2,1-2H3. The van der Waals surface area contributed by atoms with Crippen molar-refractivity contribution in [1.82, 2.24) is 10.2 Å². The van der Waals surface area contributed by atoms with Gasteiger partial charge < -0.3 is 14.4 Å². The van der Waals surface area contributed by atoms with Gasteiger partial charge in [0.15, 0.2) is 5.82 Å². The van der Waals surface area contributed by atoms with Gasteiger partial charge in [-0.25, -0.2) is 8.42 Å². The predicted molar refractivity (Wildman–Crippen MR) is 124 cm³/mol. The molecule has 0 saturated carbocycles. The second kappa shape index (κ2) is 9.32.